The number of carbonyl (C=O) groups is 2. The number of nitrogens with one attached hydrogen (secondary N) is 1. The number of nitrogens with zero attached hydrogens (tertiary/aromatic N) is 1. The van der Waals surface area contributed by atoms with E-state index in [1.165, 1.54) is 4.90 Å². The maximum Gasteiger partial charge on any atom is 0.311 e. The lowest BCUT2D eigenvalue weighted by molar-refractivity contribution is -0.146. The van der Waals surface area contributed by atoms with Crippen molar-refractivity contribution in [1.82, 2.24) is 10.2 Å². The summed E-state index contributed by atoms with van der Waals surface area (Å²) in [6.07, 6.45) is 0. The molecule has 0 bridgehead atoms. The van der Waals surface area contributed by atoms with Crippen molar-refractivity contribution in [2.75, 3.05) is 13.1 Å². The Hall–Kier alpha value is -1.06. The molecule has 2 amide bonds. The lowest BCUT2D eigenvalue weighted by Gasteiger charge is -2.23. The van der Waals surface area contributed by atoms with Crippen molar-refractivity contribution in [1.29, 1.82) is 0 Å². The molecule has 0 aliphatic carbocycles. The standard InChI is InChI=1S/C10H20N2O2/c1-6-12(7-2)9(14)8(13)11-10(3,4)5/h6-7H2,1-5H3,(H,11,13). The lowest BCUT2D eigenvalue weighted by Crippen LogP contribution is -2.49. The summed E-state index contributed by atoms with van der Waals surface area (Å²) in [5.74, 6) is -0.980. The van der Waals surface area contributed by atoms with Crippen molar-refractivity contribution in [2.24, 2.45) is 0 Å². The molecule has 14 heavy (non-hydrogen) atoms. The summed E-state index contributed by atoms with van der Waals surface area (Å²) >= 11 is 0. The first kappa shape index (κ1) is 12.9. The molecular weight excluding hydrogens is 180 g/mol. The number of rotatable bonds is 2. The van der Waals surface area contributed by atoms with Crippen LogP contribution in [0.4, 0.5) is 0 Å². The van der Waals surface area contributed by atoms with E-state index in [2.05, 4.69) is 5.32 Å². The van der Waals surface area contributed by atoms with E-state index < -0.39 is 11.8 Å². The van der Waals surface area contributed by atoms with Crippen LogP contribution in [0.25, 0.3) is 0 Å². The summed E-state index contributed by atoms with van der Waals surface area (Å²) in [6, 6.07) is 0. The zero-order valence-corrected chi connectivity index (χ0v) is 9.68. The molecule has 0 aromatic rings. The smallest absolute Gasteiger partial charge is 0.311 e. The summed E-state index contributed by atoms with van der Waals surface area (Å²) in [5.41, 5.74) is -0.361. The van der Waals surface area contributed by atoms with E-state index in [0.717, 1.165) is 0 Å². The fourth-order valence-corrected chi connectivity index (χ4v) is 1.05. The average Bonchev–Trinajstić information content (AvgIpc) is 2.03. The minimum atomic E-state index is -0.527. The fourth-order valence-electron chi connectivity index (χ4n) is 1.05. The maximum atomic E-state index is 11.5. The van der Waals surface area contributed by atoms with Gasteiger partial charge in [0.05, 0.1) is 0 Å². The highest BCUT2D eigenvalue weighted by molar-refractivity contribution is 6.35. The van der Waals surface area contributed by atoms with Crippen LogP contribution in [0.3, 0.4) is 0 Å². The van der Waals surface area contributed by atoms with Crippen molar-refractivity contribution >= 4 is 11.8 Å². The van der Waals surface area contributed by atoms with Gasteiger partial charge in [0, 0.05) is 18.6 Å². The van der Waals surface area contributed by atoms with Crippen molar-refractivity contribution in [3.05, 3.63) is 0 Å². The molecule has 0 saturated carbocycles. The van der Waals surface area contributed by atoms with Gasteiger partial charge in [-0.3, -0.25) is 9.59 Å². The first-order valence-electron chi connectivity index (χ1n) is 4.93. The van der Waals surface area contributed by atoms with Gasteiger partial charge in [0.2, 0.25) is 0 Å². The molecule has 0 aromatic heterocycles. The Bertz CT molecular complexity index is 215. The van der Waals surface area contributed by atoms with E-state index in [1.807, 2.05) is 34.6 Å². The molecule has 0 radical (unpaired) electrons. The van der Waals surface area contributed by atoms with Gasteiger partial charge >= 0.3 is 11.8 Å². The van der Waals surface area contributed by atoms with E-state index in [-0.39, 0.29) is 5.54 Å². The third-order valence-electron chi connectivity index (χ3n) is 1.73. The molecule has 0 heterocycles. The van der Waals surface area contributed by atoms with Crippen LogP contribution in [-0.2, 0) is 9.59 Å². The van der Waals surface area contributed by atoms with Crippen LogP contribution in [0.1, 0.15) is 34.6 Å². The molecule has 0 aromatic carbocycles. The topological polar surface area (TPSA) is 49.4 Å². The van der Waals surface area contributed by atoms with Crippen LogP contribution in [0.5, 0.6) is 0 Å². The highest BCUT2D eigenvalue weighted by Gasteiger charge is 2.23. The normalized spacial score (nSPS) is 10.9. The maximum absolute atomic E-state index is 11.5. The molecule has 0 atom stereocenters. The van der Waals surface area contributed by atoms with E-state index >= 15 is 0 Å². The lowest BCUT2D eigenvalue weighted by atomic mass is 10.1. The van der Waals surface area contributed by atoms with Crippen LogP contribution in [0, 0.1) is 0 Å². The van der Waals surface area contributed by atoms with Crippen LogP contribution in [-0.4, -0.2) is 35.3 Å². The van der Waals surface area contributed by atoms with Crippen LogP contribution >= 0.6 is 0 Å². The Morgan fingerprint density at radius 1 is 1.14 bits per heavy atom. The molecule has 0 fully saturated rings. The van der Waals surface area contributed by atoms with E-state index in [4.69, 9.17) is 0 Å². The minimum Gasteiger partial charge on any atom is -0.343 e. The fraction of sp³-hybridized carbons (Fsp3) is 0.800. The van der Waals surface area contributed by atoms with Gasteiger partial charge in [0.25, 0.3) is 0 Å². The van der Waals surface area contributed by atoms with Gasteiger partial charge in [-0.15, -0.1) is 0 Å². The first-order valence-corrected chi connectivity index (χ1v) is 4.93. The minimum absolute atomic E-state index is 0.361. The molecule has 1 N–H and O–H groups in total. The quantitative estimate of drug-likeness (QED) is 0.669. The second kappa shape index (κ2) is 4.98. The predicted octanol–water partition coefficient (Wildman–Crippen LogP) is 0.769. The molecule has 4 nitrogen and oxygen atoms in total. The Balaban J connectivity index is 4.32. The Labute approximate surface area is 85.7 Å². The van der Waals surface area contributed by atoms with E-state index in [1.54, 1.807) is 0 Å². The van der Waals surface area contributed by atoms with E-state index in [0.29, 0.717) is 13.1 Å². The molecule has 0 spiro atoms. The second-order valence-electron chi connectivity index (χ2n) is 4.18. The summed E-state index contributed by atoms with van der Waals surface area (Å²) in [6.45, 7) is 10.4. The second-order valence-corrected chi connectivity index (χ2v) is 4.18. The molecule has 82 valence electrons. The summed E-state index contributed by atoms with van der Waals surface area (Å²) < 4.78 is 0. The van der Waals surface area contributed by atoms with Crippen molar-refractivity contribution < 1.29 is 9.59 Å². The first-order chi connectivity index (χ1) is 6.31. The number of hydrogen-bond donors (Lipinski definition) is 1. The molecule has 4 heteroatoms. The average molecular weight is 200 g/mol. The molecule has 0 aliphatic heterocycles. The van der Waals surface area contributed by atoms with Gasteiger partial charge in [-0.2, -0.15) is 0 Å². The van der Waals surface area contributed by atoms with Crippen LogP contribution in [0.2, 0.25) is 0 Å². The monoisotopic (exact) mass is 200 g/mol. The van der Waals surface area contributed by atoms with Crippen molar-refractivity contribution in [3.63, 3.8) is 0 Å². The van der Waals surface area contributed by atoms with Gasteiger partial charge in [0.1, 0.15) is 0 Å². The molecule has 0 unspecified atom stereocenters. The van der Waals surface area contributed by atoms with Gasteiger partial charge in [-0.05, 0) is 34.6 Å². The van der Waals surface area contributed by atoms with Gasteiger partial charge in [-0.1, -0.05) is 0 Å². The number of carbonyl (C=O) groups excluding carboxylic acids is 2. The predicted molar refractivity (Wildman–Crippen MR) is 55.8 cm³/mol. The highest BCUT2D eigenvalue weighted by Crippen LogP contribution is 1.99. The largest absolute Gasteiger partial charge is 0.343 e. The zero-order chi connectivity index (χ0) is 11.4. The Morgan fingerprint density at radius 3 is 1.86 bits per heavy atom. The number of likely N-dealkylation sites (N-methyl/N-ethyl adjacent to an activating group) is 1. The molecular formula is C10H20N2O2. The zero-order valence-electron chi connectivity index (χ0n) is 9.68. The Morgan fingerprint density at radius 2 is 1.57 bits per heavy atom. The van der Waals surface area contributed by atoms with Crippen LogP contribution < -0.4 is 5.32 Å². The van der Waals surface area contributed by atoms with Crippen molar-refractivity contribution in [2.45, 2.75) is 40.2 Å². The van der Waals surface area contributed by atoms with E-state index in [9.17, 15) is 9.59 Å². The van der Waals surface area contributed by atoms with Gasteiger partial charge < -0.3 is 10.2 Å². The van der Waals surface area contributed by atoms with Gasteiger partial charge in [-0.25, -0.2) is 0 Å². The summed E-state index contributed by atoms with van der Waals surface area (Å²) in [7, 11) is 0. The third-order valence-corrected chi connectivity index (χ3v) is 1.73. The van der Waals surface area contributed by atoms with Gasteiger partial charge in [0.15, 0.2) is 0 Å². The summed E-state index contributed by atoms with van der Waals surface area (Å²) in [4.78, 5) is 24.4. The summed E-state index contributed by atoms with van der Waals surface area (Å²) in [5, 5.41) is 2.64. The molecule has 0 aliphatic rings. The van der Waals surface area contributed by atoms with Crippen molar-refractivity contribution in [3.8, 4) is 0 Å². The molecule has 0 saturated heterocycles. The van der Waals surface area contributed by atoms with Crippen LogP contribution in [0.15, 0.2) is 0 Å². The number of hydrogen-bond acceptors (Lipinski definition) is 2. The Kier molecular flexibility index (Phi) is 4.60. The highest BCUT2D eigenvalue weighted by atomic mass is 16.2. The third kappa shape index (κ3) is 4.25. The molecule has 0 rings (SSSR count). The SMILES string of the molecule is CCN(CC)C(=O)C(=O)NC(C)(C)C. The number of amides is 2.